The van der Waals surface area contributed by atoms with E-state index in [1.165, 1.54) is 12.1 Å². The molecule has 2 aromatic carbocycles. The molecular formula is C19H20FNO3. The van der Waals surface area contributed by atoms with Crippen molar-refractivity contribution in [3.8, 4) is 5.75 Å². The van der Waals surface area contributed by atoms with Gasteiger partial charge in [0.25, 0.3) is 0 Å². The van der Waals surface area contributed by atoms with E-state index in [0.717, 1.165) is 5.56 Å². The van der Waals surface area contributed by atoms with Crippen LogP contribution >= 0.6 is 0 Å². The fraction of sp³-hybridized carbons (Fsp3) is 0.211. The minimum atomic E-state index is -0.502. The van der Waals surface area contributed by atoms with Gasteiger partial charge in [-0.15, -0.1) is 0 Å². The molecule has 0 aliphatic heterocycles. The van der Waals surface area contributed by atoms with Crippen molar-refractivity contribution in [2.24, 2.45) is 0 Å². The molecule has 0 saturated heterocycles. The van der Waals surface area contributed by atoms with Crippen LogP contribution in [0, 0.1) is 5.82 Å². The quantitative estimate of drug-likeness (QED) is 0.829. The number of nitrogens with one attached hydrogen (secondary N) is 1. The summed E-state index contributed by atoms with van der Waals surface area (Å²) in [6, 6.07) is 13.9. The highest BCUT2D eigenvalue weighted by Gasteiger charge is 2.01. The van der Waals surface area contributed by atoms with Gasteiger partial charge in [0.1, 0.15) is 18.2 Å². The largest absolute Gasteiger partial charge is 0.494 e. The van der Waals surface area contributed by atoms with Crippen molar-refractivity contribution in [3.63, 3.8) is 0 Å². The van der Waals surface area contributed by atoms with Gasteiger partial charge in [0.2, 0.25) is 0 Å². The third kappa shape index (κ3) is 6.12. The van der Waals surface area contributed by atoms with Crippen molar-refractivity contribution in [2.45, 2.75) is 13.5 Å². The van der Waals surface area contributed by atoms with Crippen molar-refractivity contribution in [2.75, 3.05) is 13.2 Å². The summed E-state index contributed by atoms with van der Waals surface area (Å²) in [5, 5.41) is 2.60. The Morgan fingerprint density at radius 3 is 2.75 bits per heavy atom. The molecule has 5 heteroatoms. The van der Waals surface area contributed by atoms with Gasteiger partial charge in [-0.1, -0.05) is 42.5 Å². The summed E-state index contributed by atoms with van der Waals surface area (Å²) in [6.07, 6.45) is 2.93. The normalized spacial score (nSPS) is 10.6. The Labute approximate surface area is 140 Å². The van der Waals surface area contributed by atoms with E-state index in [1.54, 1.807) is 18.2 Å². The molecule has 1 amide bonds. The molecule has 0 spiro atoms. The van der Waals surface area contributed by atoms with Gasteiger partial charge >= 0.3 is 6.09 Å². The summed E-state index contributed by atoms with van der Waals surface area (Å²) in [5.41, 5.74) is 1.59. The topological polar surface area (TPSA) is 47.6 Å². The molecule has 0 atom stereocenters. The summed E-state index contributed by atoms with van der Waals surface area (Å²) < 4.78 is 23.8. The molecule has 1 N–H and O–H groups in total. The molecule has 24 heavy (non-hydrogen) atoms. The molecule has 0 unspecified atom stereocenters. The first kappa shape index (κ1) is 17.5. The van der Waals surface area contributed by atoms with Gasteiger partial charge in [0, 0.05) is 12.6 Å². The number of alkyl carbamates (subject to hydrolysis) is 1. The van der Waals surface area contributed by atoms with Crippen molar-refractivity contribution in [1.29, 1.82) is 0 Å². The third-order valence-electron chi connectivity index (χ3n) is 3.09. The van der Waals surface area contributed by atoms with Crippen LogP contribution in [0.5, 0.6) is 5.75 Å². The summed E-state index contributed by atoms with van der Waals surface area (Å²) in [4.78, 5) is 11.6. The first-order valence-electron chi connectivity index (χ1n) is 7.72. The first-order valence-corrected chi connectivity index (χ1v) is 7.72. The van der Waals surface area contributed by atoms with Gasteiger partial charge in [-0.05, 0) is 30.2 Å². The lowest BCUT2D eigenvalue weighted by Gasteiger charge is -2.06. The van der Waals surface area contributed by atoms with E-state index < -0.39 is 6.09 Å². The monoisotopic (exact) mass is 329 g/mol. The fourth-order valence-corrected chi connectivity index (χ4v) is 2.04. The zero-order valence-electron chi connectivity index (χ0n) is 13.5. The van der Waals surface area contributed by atoms with E-state index in [4.69, 9.17) is 9.47 Å². The van der Waals surface area contributed by atoms with Crippen LogP contribution in [0.2, 0.25) is 0 Å². The average molecular weight is 329 g/mol. The van der Waals surface area contributed by atoms with Crippen LogP contribution in [-0.4, -0.2) is 19.2 Å². The smallest absolute Gasteiger partial charge is 0.407 e. The molecule has 0 saturated carbocycles. The first-order chi connectivity index (χ1) is 11.7. The van der Waals surface area contributed by atoms with E-state index in [0.29, 0.717) is 17.9 Å². The highest BCUT2D eigenvalue weighted by atomic mass is 19.1. The Morgan fingerprint density at radius 2 is 2.00 bits per heavy atom. The summed E-state index contributed by atoms with van der Waals surface area (Å²) in [6.45, 7) is 2.82. The molecule has 126 valence electrons. The zero-order valence-corrected chi connectivity index (χ0v) is 13.5. The van der Waals surface area contributed by atoms with Crippen LogP contribution in [0.1, 0.15) is 18.1 Å². The van der Waals surface area contributed by atoms with E-state index >= 15 is 0 Å². The highest BCUT2D eigenvalue weighted by Crippen LogP contribution is 2.17. The van der Waals surface area contributed by atoms with E-state index in [1.807, 2.05) is 37.3 Å². The molecule has 2 rings (SSSR count). The molecule has 2 aromatic rings. The molecule has 0 fully saturated rings. The lowest BCUT2D eigenvalue weighted by molar-refractivity contribution is 0.141. The van der Waals surface area contributed by atoms with Gasteiger partial charge < -0.3 is 14.8 Å². The number of amides is 1. The molecule has 4 nitrogen and oxygen atoms in total. The molecular weight excluding hydrogens is 309 g/mol. The van der Waals surface area contributed by atoms with Crippen molar-refractivity contribution in [3.05, 3.63) is 71.6 Å². The van der Waals surface area contributed by atoms with Gasteiger partial charge in [-0.25, -0.2) is 9.18 Å². The van der Waals surface area contributed by atoms with Gasteiger partial charge in [-0.3, -0.25) is 0 Å². The average Bonchev–Trinajstić information content (AvgIpc) is 2.58. The predicted octanol–water partition coefficient (Wildman–Crippen LogP) is 4.16. The van der Waals surface area contributed by atoms with Crippen LogP contribution in [0.15, 0.2) is 54.6 Å². The zero-order chi connectivity index (χ0) is 17.2. The second-order valence-corrected chi connectivity index (χ2v) is 5.00. The molecule has 0 aliphatic carbocycles. The van der Waals surface area contributed by atoms with Crippen LogP contribution in [0.4, 0.5) is 9.18 Å². The lowest BCUT2D eigenvalue weighted by atomic mass is 10.2. The number of carbonyl (C=O) groups excluding carboxylic acids is 1. The number of hydrogen-bond donors (Lipinski definition) is 1. The maximum atomic E-state index is 13.4. The second kappa shape index (κ2) is 9.35. The number of carbonyl (C=O) groups is 1. The van der Waals surface area contributed by atoms with Crippen LogP contribution in [0.25, 0.3) is 6.08 Å². The van der Waals surface area contributed by atoms with E-state index in [-0.39, 0.29) is 19.0 Å². The lowest BCUT2D eigenvalue weighted by Crippen LogP contribution is -2.24. The standard InChI is InChI=1S/C19H20FNO3/c1-2-23-18-12-16(11-17(20)13-18)9-6-10-21-19(22)24-14-15-7-4-3-5-8-15/h3-9,11-13H,2,10,14H2,1H3,(H,21,22). The molecule has 0 aliphatic rings. The molecule has 0 bridgehead atoms. The van der Waals surface area contributed by atoms with Crippen LogP contribution in [0.3, 0.4) is 0 Å². The predicted molar refractivity (Wildman–Crippen MR) is 91.2 cm³/mol. The summed E-state index contributed by atoms with van der Waals surface area (Å²) >= 11 is 0. The number of rotatable bonds is 7. The minimum Gasteiger partial charge on any atom is -0.494 e. The van der Waals surface area contributed by atoms with Crippen molar-refractivity contribution in [1.82, 2.24) is 5.32 Å². The van der Waals surface area contributed by atoms with Crippen LogP contribution < -0.4 is 10.1 Å². The van der Waals surface area contributed by atoms with Crippen molar-refractivity contribution < 1.29 is 18.7 Å². The van der Waals surface area contributed by atoms with Gasteiger partial charge in [0.05, 0.1) is 6.61 Å². The third-order valence-corrected chi connectivity index (χ3v) is 3.09. The number of hydrogen-bond acceptors (Lipinski definition) is 3. The SMILES string of the molecule is CCOc1cc(F)cc(C=CCNC(=O)OCc2ccccc2)c1. The van der Waals surface area contributed by atoms with Gasteiger partial charge in [0.15, 0.2) is 0 Å². The highest BCUT2D eigenvalue weighted by molar-refractivity contribution is 5.67. The maximum absolute atomic E-state index is 13.4. The Kier molecular flexibility index (Phi) is 6.83. The number of benzene rings is 2. The maximum Gasteiger partial charge on any atom is 0.407 e. The fourth-order valence-electron chi connectivity index (χ4n) is 2.04. The summed E-state index contributed by atoms with van der Waals surface area (Å²) in [7, 11) is 0. The Hall–Kier alpha value is -2.82. The van der Waals surface area contributed by atoms with Crippen LogP contribution in [-0.2, 0) is 11.3 Å². The van der Waals surface area contributed by atoms with E-state index in [2.05, 4.69) is 5.32 Å². The Morgan fingerprint density at radius 1 is 1.21 bits per heavy atom. The Balaban J connectivity index is 1.76. The van der Waals surface area contributed by atoms with Gasteiger partial charge in [-0.2, -0.15) is 0 Å². The van der Waals surface area contributed by atoms with E-state index in [9.17, 15) is 9.18 Å². The number of halogens is 1. The summed E-state index contributed by atoms with van der Waals surface area (Å²) in [5.74, 6) is 0.114. The second-order valence-electron chi connectivity index (χ2n) is 5.00. The minimum absolute atomic E-state index is 0.220. The Bertz CT molecular complexity index is 686. The number of ether oxygens (including phenoxy) is 2. The molecule has 0 heterocycles. The molecule has 0 radical (unpaired) electrons. The van der Waals surface area contributed by atoms with Crippen molar-refractivity contribution >= 4 is 12.2 Å². The molecule has 0 aromatic heterocycles.